The molecule has 0 aliphatic heterocycles. The van der Waals surface area contributed by atoms with Gasteiger partial charge in [-0.25, -0.2) is 0 Å². The van der Waals surface area contributed by atoms with Crippen LogP contribution in [0.2, 0.25) is 0 Å². The van der Waals surface area contributed by atoms with Gasteiger partial charge in [0.15, 0.2) is 0 Å². The van der Waals surface area contributed by atoms with Gasteiger partial charge < -0.3 is 9.84 Å². The second-order valence-electron chi connectivity index (χ2n) is 5.21. The van der Waals surface area contributed by atoms with Crippen LogP contribution in [0.15, 0.2) is 48.5 Å². The Balaban J connectivity index is 1.54. The number of hydrogen-bond donors (Lipinski definition) is 1. The summed E-state index contributed by atoms with van der Waals surface area (Å²) in [6.45, 7) is 0.837. The van der Waals surface area contributed by atoms with Gasteiger partial charge in [0.25, 0.3) is 0 Å². The predicted molar refractivity (Wildman–Crippen MR) is 83.4 cm³/mol. The van der Waals surface area contributed by atoms with Gasteiger partial charge in [0.05, 0.1) is 13.2 Å². The van der Waals surface area contributed by atoms with E-state index in [2.05, 4.69) is 36.1 Å². The summed E-state index contributed by atoms with van der Waals surface area (Å²) in [6, 6.07) is 16.4. The van der Waals surface area contributed by atoms with Crippen LogP contribution in [0.3, 0.4) is 0 Å². The molecule has 21 heavy (non-hydrogen) atoms. The predicted octanol–water partition coefficient (Wildman–Crippen LogP) is 3.14. The molecule has 0 saturated carbocycles. The van der Waals surface area contributed by atoms with Crippen molar-refractivity contribution in [2.24, 2.45) is 0 Å². The Kier molecular flexibility index (Phi) is 4.23. The third kappa shape index (κ3) is 3.26. The Labute approximate surface area is 125 Å². The highest BCUT2D eigenvalue weighted by Crippen LogP contribution is 2.35. The minimum absolute atomic E-state index is 0.108. The van der Waals surface area contributed by atoms with E-state index in [-0.39, 0.29) is 6.61 Å². The second kappa shape index (κ2) is 6.47. The van der Waals surface area contributed by atoms with Crippen molar-refractivity contribution in [1.82, 2.24) is 0 Å². The molecule has 1 aliphatic carbocycles. The molecule has 2 aromatic carbocycles. The lowest BCUT2D eigenvalue weighted by Gasteiger charge is -2.29. The topological polar surface area (TPSA) is 29.5 Å². The fraction of sp³-hybridized carbons (Fsp3) is 0.263. The summed E-state index contributed by atoms with van der Waals surface area (Å²) in [5, 5.41) is 8.69. The minimum atomic E-state index is 0.108. The van der Waals surface area contributed by atoms with Crippen LogP contribution in [0, 0.1) is 11.8 Å². The molecule has 0 heterocycles. The zero-order valence-electron chi connectivity index (χ0n) is 11.9. The average Bonchev–Trinajstić information content (AvgIpc) is 2.50. The first-order valence-electron chi connectivity index (χ1n) is 7.27. The van der Waals surface area contributed by atoms with E-state index >= 15 is 0 Å². The summed E-state index contributed by atoms with van der Waals surface area (Å²) in [7, 11) is 0. The first kappa shape index (κ1) is 13.7. The van der Waals surface area contributed by atoms with Crippen molar-refractivity contribution in [3.8, 4) is 17.6 Å². The summed E-state index contributed by atoms with van der Waals surface area (Å²) in [4.78, 5) is 0. The lowest BCUT2D eigenvalue weighted by Crippen LogP contribution is -2.23. The zero-order chi connectivity index (χ0) is 14.5. The molecule has 0 bridgehead atoms. The number of rotatable bonds is 4. The van der Waals surface area contributed by atoms with Gasteiger partial charge in [-0.3, -0.25) is 0 Å². The molecule has 0 radical (unpaired) electrons. The Morgan fingerprint density at radius 1 is 1.10 bits per heavy atom. The molecule has 0 spiro atoms. The Hall–Kier alpha value is -2.24. The molecule has 0 saturated heterocycles. The summed E-state index contributed by atoms with van der Waals surface area (Å²) in [6.07, 6.45) is 1.63. The van der Waals surface area contributed by atoms with Crippen LogP contribution in [-0.4, -0.2) is 18.3 Å². The Bertz CT molecular complexity index is 662. The number of aliphatic hydroxyl groups is 1. The molecule has 2 nitrogen and oxygen atoms in total. The maximum Gasteiger partial charge on any atom is 0.119 e. The highest BCUT2D eigenvalue weighted by atomic mass is 16.5. The number of ether oxygens (including phenoxy) is 1. The summed E-state index contributed by atoms with van der Waals surface area (Å²) < 4.78 is 5.86. The molecule has 3 rings (SSSR count). The van der Waals surface area contributed by atoms with Gasteiger partial charge in [-0.05, 0) is 41.8 Å². The highest BCUT2D eigenvalue weighted by Gasteiger charge is 2.25. The van der Waals surface area contributed by atoms with Crippen molar-refractivity contribution >= 4 is 0 Å². The average molecular weight is 278 g/mol. The van der Waals surface area contributed by atoms with Crippen molar-refractivity contribution < 1.29 is 9.84 Å². The molecule has 106 valence electrons. The van der Waals surface area contributed by atoms with Crippen LogP contribution in [0.5, 0.6) is 5.75 Å². The standard InChI is InChI=1S/C19H18O2/c20-12-4-3-5-15-8-10-18(11-9-15)21-14-17-13-16-6-1-2-7-19(16)17/h1-2,6-11,17,20H,4,12-14H2. The van der Waals surface area contributed by atoms with Crippen LogP contribution in [0.1, 0.15) is 29.0 Å². The molecule has 1 N–H and O–H groups in total. The quantitative estimate of drug-likeness (QED) is 0.871. The van der Waals surface area contributed by atoms with E-state index in [1.165, 1.54) is 11.1 Å². The summed E-state index contributed by atoms with van der Waals surface area (Å²) in [5.74, 6) is 7.32. The van der Waals surface area contributed by atoms with Gasteiger partial charge in [-0.2, -0.15) is 0 Å². The molecule has 1 aliphatic rings. The normalized spacial score (nSPS) is 15.4. The molecule has 0 aromatic heterocycles. The number of aliphatic hydroxyl groups excluding tert-OH is 1. The molecule has 1 atom stereocenters. The first-order chi connectivity index (χ1) is 10.4. The molecule has 1 unspecified atom stereocenters. The lowest BCUT2D eigenvalue weighted by atomic mass is 9.78. The first-order valence-corrected chi connectivity index (χ1v) is 7.27. The van der Waals surface area contributed by atoms with Crippen LogP contribution in [0.25, 0.3) is 0 Å². The smallest absolute Gasteiger partial charge is 0.119 e. The van der Waals surface area contributed by atoms with E-state index in [1.807, 2.05) is 24.3 Å². The summed E-state index contributed by atoms with van der Waals surface area (Å²) >= 11 is 0. The van der Waals surface area contributed by atoms with Gasteiger partial charge in [0.2, 0.25) is 0 Å². The highest BCUT2D eigenvalue weighted by molar-refractivity contribution is 5.41. The zero-order valence-corrected chi connectivity index (χ0v) is 11.9. The van der Waals surface area contributed by atoms with E-state index in [0.29, 0.717) is 12.3 Å². The van der Waals surface area contributed by atoms with Crippen LogP contribution in [0.4, 0.5) is 0 Å². The van der Waals surface area contributed by atoms with E-state index in [0.717, 1.165) is 24.3 Å². The van der Waals surface area contributed by atoms with Crippen molar-refractivity contribution in [2.75, 3.05) is 13.2 Å². The van der Waals surface area contributed by atoms with Gasteiger partial charge in [-0.15, -0.1) is 0 Å². The molecule has 2 aromatic rings. The molecule has 0 amide bonds. The number of fused-ring (bicyclic) bond motifs is 1. The number of benzene rings is 2. The van der Waals surface area contributed by atoms with E-state index in [4.69, 9.17) is 9.84 Å². The third-order valence-electron chi connectivity index (χ3n) is 3.74. The van der Waals surface area contributed by atoms with E-state index in [1.54, 1.807) is 0 Å². The summed E-state index contributed by atoms with van der Waals surface area (Å²) in [5.41, 5.74) is 3.81. The van der Waals surface area contributed by atoms with Gasteiger partial charge in [0, 0.05) is 17.9 Å². The fourth-order valence-electron chi connectivity index (χ4n) is 2.56. The minimum Gasteiger partial charge on any atom is -0.493 e. The van der Waals surface area contributed by atoms with Crippen LogP contribution >= 0.6 is 0 Å². The largest absolute Gasteiger partial charge is 0.493 e. The van der Waals surface area contributed by atoms with Crippen LogP contribution < -0.4 is 4.74 Å². The van der Waals surface area contributed by atoms with Gasteiger partial charge in [-0.1, -0.05) is 36.1 Å². The van der Waals surface area contributed by atoms with Crippen molar-refractivity contribution in [1.29, 1.82) is 0 Å². The molecule has 2 heteroatoms. The number of hydrogen-bond acceptors (Lipinski definition) is 2. The van der Waals surface area contributed by atoms with Crippen molar-refractivity contribution in [3.63, 3.8) is 0 Å². The monoisotopic (exact) mass is 278 g/mol. The van der Waals surface area contributed by atoms with Gasteiger partial charge in [0.1, 0.15) is 5.75 Å². The molecular formula is C19H18O2. The lowest BCUT2D eigenvalue weighted by molar-refractivity contribution is 0.275. The van der Waals surface area contributed by atoms with Crippen molar-refractivity contribution in [3.05, 3.63) is 65.2 Å². The van der Waals surface area contributed by atoms with Gasteiger partial charge >= 0.3 is 0 Å². The Morgan fingerprint density at radius 3 is 2.67 bits per heavy atom. The third-order valence-corrected chi connectivity index (χ3v) is 3.74. The molecular weight excluding hydrogens is 260 g/mol. The maximum absolute atomic E-state index is 8.69. The Morgan fingerprint density at radius 2 is 1.90 bits per heavy atom. The molecule has 0 fully saturated rings. The van der Waals surface area contributed by atoms with E-state index in [9.17, 15) is 0 Å². The second-order valence-corrected chi connectivity index (χ2v) is 5.21. The maximum atomic E-state index is 8.69. The van der Waals surface area contributed by atoms with Crippen LogP contribution in [-0.2, 0) is 6.42 Å². The fourth-order valence-corrected chi connectivity index (χ4v) is 2.56. The van der Waals surface area contributed by atoms with E-state index < -0.39 is 0 Å². The SMILES string of the molecule is OCCC#Cc1ccc(OCC2Cc3ccccc32)cc1. The van der Waals surface area contributed by atoms with Crippen molar-refractivity contribution in [2.45, 2.75) is 18.8 Å².